The lowest BCUT2D eigenvalue weighted by Crippen LogP contribution is -2.42. The fourth-order valence-corrected chi connectivity index (χ4v) is 3.39. The highest BCUT2D eigenvalue weighted by atomic mass is 16.5. The van der Waals surface area contributed by atoms with Gasteiger partial charge in [0.05, 0.1) is 13.5 Å². The predicted molar refractivity (Wildman–Crippen MR) is 63.2 cm³/mol. The van der Waals surface area contributed by atoms with E-state index in [1.165, 1.54) is 58.7 Å². The molecule has 1 aliphatic carbocycles. The zero-order valence-corrected chi connectivity index (χ0v) is 10.3. The summed E-state index contributed by atoms with van der Waals surface area (Å²) in [5.74, 6) is -0.0777. The molecule has 1 saturated heterocycles. The minimum absolute atomic E-state index is 0.0777. The number of hydrogen-bond donors (Lipinski definition) is 0. The van der Waals surface area contributed by atoms with E-state index < -0.39 is 0 Å². The van der Waals surface area contributed by atoms with Crippen LogP contribution in [0.2, 0.25) is 0 Å². The van der Waals surface area contributed by atoms with Crippen molar-refractivity contribution in [2.45, 2.75) is 44.9 Å². The van der Waals surface area contributed by atoms with Crippen LogP contribution in [0.1, 0.15) is 44.9 Å². The lowest BCUT2D eigenvalue weighted by Gasteiger charge is -2.40. The van der Waals surface area contributed by atoms with Crippen LogP contribution in [-0.4, -0.2) is 37.6 Å². The van der Waals surface area contributed by atoms with Crippen LogP contribution in [0.4, 0.5) is 0 Å². The van der Waals surface area contributed by atoms with Crippen LogP contribution in [0.15, 0.2) is 0 Å². The first kappa shape index (κ1) is 11.9. The molecule has 1 spiro atoms. The Bertz CT molecular complexity index is 246. The smallest absolute Gasteiger partial charge is 0.306 e. The van der Waals surface area contributed by atoms with Gasteiger partial charge < -0.3 is 9.64 Å². The summed E-state index contributed by atoms with van der Waals surface area (Å²) in [5.41, 5.74) is 0.606. The van der Waals surface area contributed by atoms with E-state index in [1.54, 1.807) is 0 Å². The molecule has 2 fully saturated rings. The van der Waals surface area contributed by atoms with E-state index in [0.29, 0.717) is 11.8 Å². The second-order valence-corrected chi connectivity index (χ2v) is 5.41. The van der Waals surface area contributed by atoms with E-state index in [4.69, 9.17) is 4.74 Å². The molecular formula is C13H23NO2. The van der Waals surface area contributed by atoms with Crippen molar-refractivity contribution in [1.29, 1.82) is 0 Å². The van der Waals surface area contributed by atoms with Gasteiger partial charge in [-0.15, -0.1) is 0 Å². The Morgan fingerprint density at radius 1 is 1.25 bits per heavy atom. The van der Waals surface area contributed by atoms with Crippen LogP contribution < -0.4 is 0 Å². The van der Waals surface area contributed by atoms with Crippen molar-refractivity contribution < 1.29 is 9.53 Å². The summed E-state index contributed by atoms with van der Waals surface area (Å²) in [6, 6.07) is 0. The molecule has 0 aromatic heterocycles. The van der Waals surface area contributed by atoms with Crippen molar-refractivity contribution in [3.8, 4) is 0 Å². The highest BCUT2D eigenvalue weighted by Crippen LogP contribution is 2.44. The van der Waals surface area contributed by atoms with Crippen molar-refractivity contribution in [3.05, 3.63) is 0 Å². The van der Waals surface area contributed by atoms with Crippen molar-refractivity contribution in [3.63, 3.8) is 0 Å². The Balaban J connectivity index is 1.80. The summed E-state index contributed by atoms with van der Waals surface area (Å²) < 4.78 is 4.69. The number of piperidine rings is 1. The van der Waals surface area contributed by atoms with Gasteiger partial charge in [-0.3, -0.25) is 4.79 Å². The number of methoxy groups -OCH3 is 1. The molecule has 2 aliphatic rings. The van der Waals surface area contributed by atoms with Crippen molar-refractivity contribution in [1.82, 2.24) is 4.90 Å². The topological polar surface area (TPSA) is 29.5 Å². The third kappa shape index (κ3) is 2.76. The molecule has 1 heterocycles. The highest BCUT2D eigenvalue weighted by molar-refractivity contribution is 5.69. The molecule has 0 atom stereocenters. The molecule has 3 nitrogen and oxygen atoms in total. The highest BCUT2D eigenvalue weighted by Gasteiger charge is 2.37. The molecule has 0 aromatic carbocycles. The fraction of sp³-hybridized carbons (Fsp3) is 0.923. The average molecular weight is 225 g/mol. The first-order valence-electron chi connectivity index (χ1n) is 6.53. The Morgan fingerprint density at radius 2 is 1.94 bits per heavy atom. The van der Waals surface area contributed by atoms with Gasteiger partial charge >= 0.3 is 5.97 Å². The monoisotopic (exact) mass is 225 g/mol. The Labute approximate surface area is 98.1 Å². The summed E-state index contributed by atoms with van der Waals surface area (Å²) in [5, 5.41) is 0. The van der Waals surface area contributed by atoms with Crippen LogP contribution >= 0.6 is 0 Å². The lowest BCUT2D eigenvalue weighted by molar-refractivity contribution is -0.141. The summed E-state index contributed by atoms with van der Waals surface area (Å²) in [6.07, 6.45) is 8.88. The number of hydrogen-bond acceptors (Lipinski definition) is 3. The SMILES string of the molecule is COC(=O)CCN1CCCC2(CCCC2)C1. The number of rotatable bonds is 3. The zero-order chi connectivity index (χ0) is 11.4. The standard InChI is InChI=1S/C13H23NO2/c1-16-12(15)5-10-14-9-4-8-13(11-14)6-2-3-7-13/h2-11H2,1H3. The Hall–Kier alpha value is -0.570. The molecule has 92 valence electrons. The molecule has 0 bridgehead atoms. The third-order valence-corrected chi connectivity index (χ3v) is 4.26. The molecular weight excluding hydrogens is 202 g/mol. The second kappa shape index (κ2) is 5.17. The number of nitrogens with zero attached hydrogens (tertiary/aromatic N) is 1. The van der Waals surface area contributed by atoms with Gasteiger partial charge in [0.25, 0.3) is 0 Å². The van der Waals surface area contributed by atoms with Crippen LogP contribution in [0.3, 0.4) is 0 Å². The van der Waals surface area contributed by atoms with E-state index in [2.05, 4.69) is 4.90 Å². The molecule has 2 rings (SSSR count). The summed E-state index contributed by atoms with van der Waals surface area (Å²) in [4.78, 5) is 13.6. The number of likely N-dealkylation sites (tertiary alicyclic amines) is 1. The van der Waals surface area contributed by atoms with Gasteiger partial charge in [-0.05, 0) is 37.6 Å². The molecule has 0 aromatic rings. The van der Waals surface area contributed by atoms with Gasteiger partial charge in [0.1, 0.15) is 0 Å². The van der Waals surface area contributed by atoms with Gasteiger partial charge in [-0.25, -0.2) is 0 Å². The normalized spacial score (nSPS) is 24.8. The first-order chi connectivity index (χ1) is 7.74. The van der Waals surface area contributed by atoms with Gasteiger partial charge in [-0.2, -0.15) is 0 Å². The number of esters is 1. The van der Waals surface area contributed by atoms with E-state index in [1.807, 2.05) is 0 Å². The minimum Gasteiger partial charge on any atom is -0.469 e. The maximum Gasteiger partial charge on any atom is 0.306 e. The van der Waals surface area contributed by atoms with Crippen LogP contribution in [0, 0.1) is 5.41 Å². The maximum absolute atomic E-state index is 11.1. The third-order valence-electron chi connectivity index (χ3n) is 4.26. The number of ether oxygens (including phenoxy) is 1. The molecule has 1 saturated carbocycles. The van der Waals surface area contributed by atoms with Crippen LogP contribution in [0.25, 0.3) is 0 Å². The Morgan fingerprint density at radius 3 is 2.62 bits per heavy atom. The predicted octanol–water partition coefficient (Wildman–Crippen LogP) is 2.21. The van der Waals surface area contributed by atoms with Crippen molar-refractivity contribution >= 4 is 5.97 Å². The molecule has 1 aliphatic heterocycles. The van der Waals surface area contributed by atoms with Crippen LogP contribution in [0.5, 0.6) is 0 Å². The van der Waals surface area contributed by atoms with Gasteiger partial charge in [0.2, 0.25) is 0 Å². The summed E-state index contributed by atoms with van der Waals surface area (Å²) in [7, 11) is 1.47. The van der Waals surface area contributed by atoms with Crippen molar-refractivity contribution in [2.24, 2.45) is 5.41 Å². The molecule has 16 heavy (non-hydrogen) atoms. The second-order valence-electron chi connectivity index (χ2n) is 5.41. The first-order valence-corrected chi connectivity index (χ1v) is 6.53. The van der Waals surface area contributed by atoms with Crippen LogP contribution in [-0.2, 0) is 9.53 Å². The number of carbonyl (C=O) groups excluding carboxylic acids is 1. The molecule has 0 unspecified atom stereocenters. The fourth-order valence-electron chi connectivity index (χ4n) is 3.39. The average Bonchev–Trinajstić information content (AvgIpc) is 2.74. The molecule has 0 N–H and O–H groups in total. The van der Waals surface area contributed by atoms with E-state index in [-0.39, 0.29) is 5.97 Å². The quantitative estimate of drug-likeness (QED) is 0.690. The van der Waals surface area contributed by atoms with E-state index >= 15 is 0 Å². The lowest BCUT2D eigenvalue weighted by atomic mass is 9.78. The summed E-state index contributed by atoms with van der Waals surface area (Å²) >= 11 is 0. The summed E-state index contributed by atoms with van der Waals surface area (Å²) in [6.45, 7) is 3.26. The van der Waals surface area contributed by atoms with Gasteiger partial charge in [-0.1, -0.05) is 12.8 Å². The van der Waals surface area contributed by atoms with Gasteiger partial charge in [0.15, 0.2) is 0 Å². The van der Waals surface area contributed by atoms with Gasteiger partial charge in [0, 0.05) is 13.1 Å². The van der Waals surface area contributed by atoms with E-state index in [9.17, 15) is 4.79 Å². The Kier molecular flexibility index (Phi) is 3.85. The molecule has 3 heteroatoms. The largest absolute Gasteiger partial charge is 0.469 e. The van der Waals surface area contributed by atoms with Crippen molar-refractivity contribution in [2.75, 3.05) is 26.7 Å². The maximum atomic E-state index is 11.1. The van der Waals surface area contributed by atoms with E-state index in [0.717, 1.165) is 6.54 Å². The minimum atomic E-state index is -0.0777. The molecule has 0 amide bonds. The molecule has 0 radical (unpaired) electrons. The number of carbonyl (C=O) groups is 1. The zero-order valence-electron chi connectivity index (χ0n) is 10.3.